The molecule has 0 bridgehead atoms. The Morgan fingerprint density at radius 3 is 2.81 bits per heavy atom. The van der Waals surface area contributed by atoms with Gasteiger partial charge in [-0.1, -0.05) is 12.1 Å². The summed E-state index contributed by atoms with van der Waals surface area (Å²) in [5.74, 6) is 0.630. The van der Waals surface area contributed by atoms with Gasteiger partial charge in [-0.05, 0) is 17.2 Å². The van der Waals surface area contributed by atoms with Gasteiger partial charge in [-0.2, -0.15) is 0 Å². The van der Waals surface area contributed by atoms with Crippen molar-refractivity contribution in [2.45, 2.75) is 13.0 Å². The van der Waals surface area contributed by atoms with Crippen molar-refractivity contribution in [2.75, 3.05) is 0 Å². The van der Waals surface area contributed by atoms with Crippen molar-refractivity contribution in [3.05, 3.63) is 53.4 Å². The van der Waals surface area contributed by atoms with Crippen LogP contribution in [-0.2, 0) is 20.0 Å². The fraction of sp³-hybridized carbons (Fsp3) is 0.250. The first-order valence-electron chi connectivity index (χ1n) is 5.14. The molecule has 0 radical (unpaired) electrons. The van der Waals surface area contributed by atoms with Gasteiger partial charge in [0.25, 0.3) is 0 Å². The summed E-state index contributed by atoms with van der Waals surface area (Å²) in [5.41, 5.74) is 6.90. The lowest BCUT2D eigenvalue weighted by Gasteiger charge is -2.05. The molecule has 1 heterocycles. The second-order valence-electron chi connectivity index (χ2n) is 3.76. The zero-order valence-electron chi connectivity index (χ0n) is 9.15. The fourth-order valence-corrected chi connectivity index (χ4v) is 1.60. The third-order valence-corrected chi connectivity index (χ3v) is 2.62. The minimum Gasteiger partial charge on any atom is -0.338 e. The summed E-state index contributed by atoms with van der Waals surface area (Å²) in [6.07, 6.45) is 4.06. The van der Waals surface area contributed by atoms with Gasteiger partial charge in [0.2, 0.25) is 0 Å². The number of hydrogen-bond acceptors (Lipinski definition) is 2. The largest absolute Gasteiger partial charge is 0.338 e. The monoisotopic (exact) mass is 219 g/mol. The van der Waals surface area contributed by atoms with Gasteiger partial charge in [-0.15, -0.1) is 0 Å². The quantitative estimate of drug-likeness (QED) is 0.852. The lowest BCUT2D eigenvalue weighted by Crippen LogP contribution is -2.02. The van der Waals surface area contributed by atoms with Crippen LogP contribution in [0.25, 0.3) is 0 Å². The molecular formula is C12H14FN3. The summed E-state index contributed by atoms with van der Waals surface area (Å²) in [5, 5.41) is 0. The molecule has 3 nitrogen and oxygen atoms in total. The highest BCUT2D eigenvalue weighted by Gasteiger charge is 2.07. The molecule has 0 fully saturated rings. The number of hydrogen-bond donors (Lipinski definition) is 1. The molecule has 0 saturated heterocycles. The SMILES string of the molecule is Cn1ccnc1Cc1ccc(CN)cc1F. The number of aromatic nitrogens is 2. The third kappa shape index (κ3) is 2.12. The van der Waals surface area contributed by atoms with Crippen LogP contribution in [0.4, 0.5) is 4.39 Å². The maximum atomic E-state index is 13.7. The Balaban J connectivity index is 2.25. The molecule has 1 aromatic heterocycles. The van der Waals surface area contributed by atoms with Gasteiger partial charge in [0.05, 0.1) is 0 Å². The van der Waals surface area contributed by atoms with E-state index in [4.69, 9.17) is 5.73 Å². The van der Waals surface area contributed by atoms with Gasteiger partial charge in [0, 0.05) is 32.4 Å². The van der Waals surface area contributed by atoms with E-state index in [1.807, 2.05) is 23.9 Å². The van der Waals surface area contributed by atoms with Crippen molar-refractivity contribution in [3.8, 4) is 0 Å². The zero-order chi connectivity index (χ0) is 11.5. The smallest absolute Gasteiger partial charge is 0.127 e. The van der Waals surface area contributed by atoms with Gasteiger partial charge >= 0.3 is 0 Å². The van der Waals surface area contributed by atoms with Crippen LogP contribution in [0.15, 0.2) is 30.6 Å². The van der Waals surface area contributed by atoms with Gasteiger partial charge in [0.15, 0.2) is 0 Å². The number of aryl methyl sites for hydroxylation is 1. The summed E-state index contributed by atoms with van der Waals surface area (Å²) in [4.78, 5) is 4.17. The van der Waals surface area contributed by atoms with Crippen molar-refractivity contribution in [2.24, 2.45) is 12.8 Å². The standard InChI is InChI=1S/C12H14FN3/c1-16-5-4-15-12(16)7-10-3-2-9(8-14)6-11(10)13/h2-6H,7-8,14H2,1H3. The first kappa shape index (κ1) is 10.8. The number of benzene rings is 1. The van der Waals surface area contributed by atoms with E-state index in [1.165, 1.54) is 6.07 Å². The molecule has 0 unspecified atom stereocenters. The van der Waals surface area contributed by atoms with E-state index in [2.05, 4.69) is 4.98 Å². The first-order valence-corrected chi connectivity index (χ1v) is 5.14. The van der Waals surface area contributed by atoms with Crippen LogP contribution in [0, 0.1) is 5.82 Å². The summed E-state index contributed by atoms with van der Waals surface area (Å²) in [7, 11) is 1.90. The summed E-state index contributed by atoms with van der Waals surface area (Å²) in [6.45, 7) is 0.361. The highest BCUT2D eigenvalue weighted by Crippen LogP contribution is 2.13. The van der Waals surface area contributed by atoms with Gasteiger partial charge in [-0.25, -0.2) is 9.37 Å². The van der Waals surface area contributed by atoms with Crippen molar-refractivity contribution in [3.63, 3.8) is 0 Å². The van der Waals surface area contributed by atoms with Crippen LogP contribution in [0.5, 0.6) is 0 Å². The Morgan fingerprint density at radius 1 is 1.44 bits per heavy atom. The lowest BCUT2D eigenvalue weighted by molar-refractivity contribution is 0.608. The van der Waals surface area contributed by atoms with E-state index >= 15 is 0 Å². The highest BCUT2D eigenvalue weighted by molar-refractivity contribution is 5.26. The van der Waals surface area contributed by atoms with E-state index in [0.717, 1.165) is 11.4 Å². The van der Waals surface area contributed by atoms with E-state index in [-0.39, 0.29) is 5.82 Å². The topological polar surface area (TPSA) is 43.8 Å². The Hall–Kier alpha value is -1.68. The van der Waals surface area contributed by atoms with Crippen LogP contribution in [0.3, 0.4) is 0 Å². The predicted molar refractivity (Wildman–Crippen MR) is 60.3 cm³/mol. The minimum absolute atomic E-state index is 0.217. The molecule has 4 heteroatoms. The molecule has 0 aliphatic carbocycles. The summed E-state index contributed by atoms with van der Waals surface area (Å²) >= 11 is 0. The van der Waals surface area contributed by atoms with Crippen molar-refractivity contribution < 1.29 is 4.39 Å². The molecule has 0 amide bonds. The Labute approximate surface area is 93.7 Å². The van der Waals surface area contributed by atoms with Crippen LogP contribution in [0.1, 0.15) is 17.0 Å². The summed E-state index contributed by atoms with van der Waals surface area (Å²) in [6, 6.07) is 5.10. The number of nitrogens with two attached hydrogens (primary N) is 1. The normalized spacial score (nSPS) is 10.7. The average molecular weight is 219 g/mol. The van der Waals surface area contributed by atoms with Crippen LogP contribution in [0.2, 0.25) is 0 Å². The van der Waals surface area contributed by atoms with Crippen molar-refractivity contribution in [1.82, 2.24) is 9.55 Å². The van der Waals surface area contributed by atoms with E-state index in [1.54, 1.807) is 12.3 Å². The van der Waals surface area contributed by atoms with Gasteiger partial charge < -0.3 is 10.3 Å². The van der Waals surface area contributed by atoms with Crippen molar-refractivity contribution in [1.29, 1.82) is 0 Å². The van der Waals surface area contributed by atoms with Crippen LogP contribution < -0.4 is 5.73 Å². The molecule has 0 atom stereocenters. The molecule has 16 heavy (non-hydrogen) atoms. The second kappa shape index (κ2) is 4.45. The number of imidazole rings is 1. The second-order valence-corrected chi connectivity index (χ2v) is 3.76. The van der Waals surface area contributed by atoms with Crippen LogP contribution >= 0.6 is 0 Å². The van der Waals surface area contributed by atoms with Crippen LogP contribution in [-0.4, -0.2) is 9.55 Å². The molecule has 0 aliphatic rings. The molecular weight excluding hydrogens is 205 g/mol. The van der Waals surface area contributed by atoms with Gasteiger partial charge in [0.1, 0.15) is 11.6 Å². The highest BCUT2D eigenvalue weighted by atomic mass is 19.1. The molecule has 2 rings (SSSR count). The number of halogens is 1. The van der Waals surface area contributed by atoms with E-state index in [9.17, 15) is 4.39 Å². The average Bonchev–Trinajstić information content (AvgIpc) is 2.67. The summed E-state index contributed by atoms with van der Waals surface area (Å²) < 4.78 is 15.6. The molecule has 1 aromatic carbocycles. The molecule has 0 spiro atoms. The molecule has 0 aliphatic heterocycles. The Morgan fingerprint density at radius 2 is 2.25 bits per heavy atom. The third-order valence-electron chi connectivity index (χ3n) is 2.62. The molecule has 0 saturated carbocycles. The number of rotatable bonds is 3. The lowest BCUT2D eigenvalue weighted by atomic mass is 10.1. The fourth-order valence-electron chi connectivity index (χ4n) is 1.60. The maximum absolute atomic E-state index is 13.7. The van der Waals surface area contributed by atoms with Crippen molar-refractivity contribution >= 4 is 0 Å². The Kier molecular flexibility index (Phi) is 3.01. The number of nitrogens with zero attached hydrogens (tertiary/aromatic N) is 2. The van der Waals surface area contributed by atoms with E-state index in [0.29, 0.717) is 18.5 Å². The molecule has 2 aromatic rings. The Bertz CT molecular complexity index is 491. The first-order chi connectivity index (χ1) is 7.70. The molecule has 84 valence electrons. The molecule has 2 N–H and O–H groups in total. The predicted octanol–water partition coefficient (Wildman–Crippen LogP) is 1.61. The maximum Gasteiger partial charge on any atom is 0.127 e. The minimum atomic E-state index is -0.217. The van der Waals surface area contributed by atoms with E-state index < -0.39 is 0 Å². The zero-order valence-corrected chi connectivity index (χ0v) is 9.15. The van der Waals surface area contributed by atoms with Gasteiger partial charge in [-0.3, -0.25) is 0 Å².